The fourth-order valence-electron chi connectivity index (χ4n) is 2.48. The second-order valence-electron chi connectivity index (χ2n) is 5.47. The smallest absolute Gasteiger partial charge is 0.244 e. The first-order valence-corrected chi connectivity index (χ1v) is 6.69. The predicted octanol–water partition coefficient (Wildman–Crippen LogP) is 3.33. The highest BCUT2D eigenvalue weighted by Crippen LogP contribution is 2.27. The van der Waals surface area contributed by atoms with Crippen LogP contribution in [0.2, 0.25) is 0 Å². The minimum absolute atomic E-state index is 0. The van der Waals surface area contributed by atoms with Crippen LogP contribution in [0.25, 0.3) is 0 Å². The minimum atomic E-state index is -0.670. The molecule has 0 unspecified atom stereocenters. The van der Waals surface area contributed by atoms with E-state index in [1.165, 1.54) is 17.5 Å². The highest BCUT2D eigenvalue weighted by molar-refractivity contribution is 5.98. The zero-order valence-corrected chi connectivity index (χ0v) is 12.5. The lowest BCUT2D eigenvalue weighted by Crippen LogP contribution is -2.52. The second kappa shape index (κ2) is 6.40. The van der Waals surface area contributed by atoms with E-state index in [0.717, 1.165) is 31.4 Å². The van der Waals surface area contributed by atoms with Crippen LogP contribution in [0.4, 0.5) is 5.69 Å². The van der Waals surface area contributed by atoms with Gasteiger partial charge in [-0.3, -0.25) is 4.79 Å². The number of hydrogen-bond donors (Lipinski definition) is 2. The lowest BCUT2D eigenvalue weighted by molar-refractivity contribution is -0.122. The van der Waals surface area contributed by atoms with Gasteiger partial charge in [0.25, 0.3) is 0 Å². The quantitative estimate of drug-likeness (QED) is 0.874. The number of amides is 1. The molecule has 1 amide bonds. The summed E-state index contributed by atoms with van der Waals surface area (Å²) in [6.45, 7) is 4.11. The third kappa shape index (κ3) is 3.71. The van der Waals surface area contributed by atoms with E-state index in [0.29, 0.717) is 0 Å². The number of benzene rings is 1. The third-order valence-corrected chi connectivity index (χ3v) is 3.96. The zero-order valence-electron chi connectivity index (χ0n) is 11.7. The van der Waals surface area contributed by atoms with Gasteiger partial charge < -0.3 is 11.1 Å². The molecule has 1 aromatic carbocycles. The molecule has 0 atom stereocenters. The van der Waals surface area contributed by atoms with Gasteiger partial charge in [-0.05, 0) is 49.9 Å². The summed E-state index contributed by atoms with van der Waals surface area (Å²) < 4.78 is 0. The SMILES string of the molecule is Cc1ccc(NC(=O)C2(N)CCCCC2)cc1C.Cl. The van der Waals surface area contributed by atoms with Crippen LogP contribution >= 0.6 is 12.4 Å². The van der Waals surface area contributed by atoms with Crippen LogP contribution in [-0.4, -0.2) is 11.4 Å². The van der Waals surface area contributed by atoms with Crippen LogP contribution in [0, 0.1) is 13.8 Å². The van der Waals surface area contributed by atoms with E-state index in [2.05, 4.69) is 12.2 Å². The Kier molecular flexibility index (Phi) is 5.39. The van der Waals surface area contributed by atoms with Gasteiger partial charge in [0.15, 0.2) is 0 Å². The van der Waals surface area contributed by atoms with E-state index in [9.17, 15) is 4.79 Å². The molecule has 106 valence electrons. The van der Waals surface area contributed by atoms with Gasteiger partial charge in [-0.2, -0.15) is 0 Å². The number of rotatable bonds is 2. The van der Waals surface area contributed by atoms with Crippen LogP contribution < -0.4 is 11.1 Å². The first-order valence-electron chi connectivity index (χ1n) is 6.69. The molecule has 1 aliphatic rings. The Bertz CT molecular complexity index is 453. The van der Waals surface area contributed by atoms with Crippen LogP contribution in [-0.2, 0) is 4.79 Å². The summed E-state index contributed by atoms with van der Waals surface area (Å²) in [4.78, 5) is 12.2. The van der Waals surface area contributed by atoms with Crippen molar-refractivity contribution in [2.24, 2.45) is 5.73 Å². The topological polar surface area (TPSA) is 55.1 Å². The molecule has 3 N–H and O–H groups in total. The standard InChI is InChI=1S/C15H22N2O.ClH/c1-11-6-7-13(10-12(11)2)17-14(18)15(16)8-4-3-5-9-15;/h6-7,10H,3-5,8-9,16H2,1-2H3,(H,17,18);1H. The number of hydrogen-bond acceptors (Lipinski definition) is 2. The van der Waals surface area contributed by atoms with E-state index in [-0.39, 0.29) is 18.3 Å². The molecule has 2 rings (SSSR count). The molecule has 0 bridgehead atoms. The summed E-state index contributed by atoms with van der Waals surface area (Å²) >= 11 is 0. The largest absolute Gasteiger partial charge is 0.324 e. The van der Waals surface area contributed by atoms with Crippen molar-refractivity contribution in [2.75, 3.05) is 5.32 Å². The van der Waals surface area contributed by atoms with Gasteiger partial charge in [0.05, 0.1) is 5.54 Å². The number of aryl methyl sites for hydroxylation is 2. The molecule has 0 radical (unpaired) electrons. The van der Waals surface area contributed by atoms with Crippen molar-refractivity contribution in [3.05, 3.63) is 29.3 Å². The van der Waals surface area contributed by atoms with Crippen molar-refractivity contribution in [3.8, 4) is 0 Å². The second-order valence-corrected chi connectivity index (χ2v) is 5.47. The molecule has 19 heavy (non-hydrogen) atoms. The Labute approximate surface area is 121 Å². The molecule has 3 nitrogen and oxygen atoms in total. The number of carbonyl (C=O) groups is 1. The van der Waals surface area contributed by atoms with Gasteiger partial charge >= 0.3 is 0 Å². The molecule has 0 aromatic heterocycles. The summed E-state index contributed by atoms with van der Waals surface area (Å²) in [6.07, 6.45) is 4.89. The minimum Gasteiger partial charge on any atom is -0.324 e. The number of anilines is 1. The molecule has 0 aliphatic heterocycles. The Morgan fingerprint density at radius 3 is 2.37 bits per heavy atom. The number of nitrogens with two attached hydrogens (primary N) is 1. The summed E-state index contributed by atoms with van der Waals surface area (Å²) in [6, 6.07) is 5.96. The van der Waals surface area contributed by atoms with Gasteiger partial charge in [-0.25, -0.2) is 0 Å². The maximum atomic E-state index is 12.2. The lowest BCUT2D eigenvalue weighted by atomic mass is 9.82. The summed E-state index contributed by atoms with van der Waals surface area (Å²) in [5.41, 5.74) is 8.80. The molecular formula is C15H23ClN2O. The zero-order chi connectivity index (χ0) is 13.2. The van der Waals surface area contributed by atoms with Crippen LogP contribution in [0.1, 0.15) is 43.2 Å². The average Bonchev–Trinajstić information content (AvgIpc) is 2.35. The molecule has 0 saturated heterocycles. The predicted molar refractivity (Wildman–Crippen MR) is 81.8 cm³/mol. The molecule has 1 fully saturated rings. The van der Waals surface area contributed by atoms with E-state index >= 15 is 0 Å². The van der Waals surface area contributed by atoms with E-state index in [1.54, 1.807) is 0 Å². The highest BCUT2D eigenvalue weighted by atomic mass is 35.5. The molecule has 0 heterocycles. The van der Waals surface area contributed by atoms with Crippen molar-refractivity contribution in [2.45, 2.75) is 51.5 Å². The Balaban J connectivity index is 0.00000180. The molecule has 0 spiro atoms. The molecule has 4 heteroatoms. The highest BCUT2D eigenvalue weighted by Gasteiger charge is 2.35. The molecular weight excluding hydrogens is 260 g/mol. The number of halogens is 1. The maximum absolute atomic E-state index is 12.2. The fraction of sp³-hybridized carbons (Fsp3) is 0.533. The number of carbonyl (C=O) groups excluding carboxylic acids is 1. The van der Waals surface area contributed by atoms with Crippen LogP contribution in [0.15, 0.2) is 18.2 Å². The molecule has 1 aromatic rings. The lowest BCUT2D eigenvalue weighted by Gasteiger charge is -2.31. The van der Waals surface area contributed by atoms with Crippen LogP contribution in [0.3, 0.4) is 0 Å². The maximum Gasteiger partial charge on any atom is 0.244 e. The molecule has 1 aliphatic carbocycles. The van der Waals surface area contributed by atoms with Crippen molar-refractivity contribution in [1.29, 1.82) is 0 Å². The summed E-state index contributed by atoms with van der Waals surface area (Å²) in [7, 11) is 0. The van der Waals surface area contributed by atoms with E-state index < -0.39 is 5.54 Å². The first kappa shape index (κ1) is 16.0. The number of nitrogens with one attached hydrogen (secondary N) is 1. The molecule has 1 saturated carbocycles. The summed E-state index contributed by atoms with van der Waals surface area (Å²) in [5.74, 6) is -0.0366. The van der Waals surface area contributed by atoms with Crippen molar-refractivity contribution in [1.82, 2.24) is 0 Å². The van der Waals surface area contributed by atoms with Crippen molar-refractivity contribution < 1.29 is 4.79 Å². The van der Waals surface area contributed by atoms with Gasteiger partial charge in [0.1, 0.15) is 0 Å². The first-order chi connectivity index (χ1) is 8.51. The van der Waals surface area contributed by atoms with E-state index in [4.69, 9.17) is 5.73 Å². The van der Waals surface area contributed by atoms with Gasteiger partial charge in [0, 0.05) is 5.69 Å². The normalized spacial score (nSPS) is 17.4. The van der Waals surface area contributed by atoms with Crippen molar-refractivity contribution in [3.63, 3.8) is 0 Å². The third-order valence-electron chi connectivity index (χ3n) is 3.96. The average molecular weight is 283 g/mol. The van der Waals surface area contributed by atoms with Gasteiger partial charge in [-0.15, -0.1) is 12.4 Å². The summed E-state index contributed by atoms with van der Waals surface area (Å²) in [5, 5.41) is 2.96. The fourth-order valence-corrected chi connectivity index (χ4v) is 2.48. The Hall–Kier alpha value is -1.06. The van der Waals surface area contributed by atoms with Gasteiger partial charge in [-0.1, -0.05) is 25.3 Å². The van der Waals surface area contributed by atoms with Crippen molar-refractivity contribution >= 4 is 24.0 Å². The van der Waals surface area contributed by atoms with E-state index in [1.807, 2.05) is 25.1 Å². The monoisotopic (exact) mass is 282 g/mol. The Morgan fingerprint density at radius 1 is 1.16 bits per heavy atom. The Morgan fingerprint density at radius 2 is 1.79 bits per heavy atom. The van der Waals surface area contributed by atoms with Gasteiger partial charge in [0.2, 0.25) is 5.91 Å². The van der Waals surface area contributed by atoms with Crippen LogP contribution in [0.5, 0.6) is 0 Å².